The van der Waals surface area contributed by atoms with Gasteiger partial charge in [0.2, 0.25) is 5.91 Å². The number of hydrogen-bond acceptors (Lipinski definition) is 3. The first kappa shape index (κ1) is 17.2. The monoisotopic (exact) mass is 377 g/mol. The van der Waals surface area contributed by atoms with Gasteiger partial charge >= 0.3 is 0 Å². The van der Waals surface area contributed by atoms with Gasteiger partial charge in [-0.05, 0) is 47.9 Å². The molecule has 5 heteroatoms. The molecule has 1 unspecified atom stereocenters. The van der Waals surface area contributed by atoms with Crippen LogP contribution in [0.25, 0.3) is 0 Å². The summed E-state index contributed by atoms with van der Waals surface area (Å²) < 4.78 is 20.4. The Hall–Kier alpha value is -2.95. The number of anilines is 1. The summed E-state index contributed by atoms with van der Waals surface area (Å²) in [5.41, 5.74) is 1.65. The number of benzene rings is 2. The molecule has 28 heavy (non-hydrogen) atoms. The van der Waals surface area contributed by atoms with Gasteiger partial charge in [-0.3, -0.25) is 9.59 Å². The number of carbonyl (C=O) groups is 2. The molecular formula is C23H20FNO3. The number of nitrogens with one attached hydrogen (secondary N) is 1. The lowest BCUT2D eigenvalue weighted by atomic mass is 9.52. The summed E-state index contributed by atoms with van der Waals surface area (Å²) in [6.07, 6.45) is 2.55. The fraction of sp³-hybridized carbons (Fsp3) is 0.304. The van der Waals surface area contributed by atoms with E-state index in [1.165, 1.54) is 12.1 Å². The SMILES string of the molecule is CC1C(C=O)=C[C@H]2[C@@H](c3ccccc3O[C@@H]2C)[C@@]12C(=O)Nc1ccc(F)cc12. The van der Waals surface area contributed by atoms with Gasteiger partial charge in [0.1, 0.15) is 24.0 Å². The van der Waals surface area contributed by atoms with Crippen molar-refractivity contribution in [3.63, 3.8) is 0 Å². The standard InChI is InChI=1S/C23H20FNO3/c1-12-14(11-26)9-17-13(2)28-20-6-4-3-5-16(20)21(17)23(12)18-10-15(24)7-8-19(18)25-22(23)27/h3-13,17,21H,1-2H3,(H,25,27)/t12?,13-,17-,21-,23-/m1/s1. The van der Waals surface area contributed by atoms with Crippen molar-refractivity contribution in [2.24, 2.45) is 11.8 Å². The zero-order valence-corrected chi connectivity index (χ0v) is 15.6. The Morgan fingerprint density at radius 1 is 1.18 bits per heavy atom. The average molecular weight is 377 g/mol. The molecule has 2 aliphatic heterocycles. The molecule has 2 aromatic rings. The predicted octanol–water partition coefficient (Wildman–Crippen LogP) is 3.97. The lowest BCUT2D eigenvalue weighted by Gasteiger charge is -2.51. The number of hydrogen-bond donors (Lipinski definition) is 1. The molecule has 0 saturated carbocycles. The van der Waals surface area contributed by atoms with Crippen molar-refractivity contribution in [3.05, 3.63) is 71.1 Å². The smallest absolute Gasteiger partial charge is 0.236 e. The first-order valence-corrected chi connectivity index (χ1v) is 9.52. The van der Waals surface area contributed by atoms with Crippen molar-refractivity contribution in [1.29, 1.82) is 0 Å². The van der Waals surface area contributed by atoms with Gasteiger partial charge in [-0.15, -0.1) is 0 Å². The molecule has 0 aromatic heterocycles. The van der Waals surface area contributed by atoms with E-state index in [1.54, 1.807) is 6.07 Å². The van der Waals surface area contributed by atoms with E-state index in [0.29, 0.717) is 16.8 Å². The van der Waals surface area contributed by atoms with Crippen LogP contribution in [0.2, 0.25) is 0 Å². The van der Waals surface area contributed by atoms with Crippen molar-refractivity contribution in [2.45, 2.75) is 31.3 Å². The van der Waals surface area contributed by atoms with Crippen LogP contribution in [0, 0.1) is 17.7 Å². The second-order valence-corrected chi connectivity index (χ2v) is 7.94. The zero-order valence-electron chi connectivity index (χ0n) is 15.6. The van der Waals surface area contributed by atoms with E-state index >= 15 is 0 Å². The van der Waals surface area contributed by atoms with Crippen LogP contribution in [0.3, 0.4) is 0 Å². The minimum Gasteiger partial charge on any atom is -0.490 e. The Morgan fingerprint density at radius 2 is 1.96 bits per heavy atom. The molecule has 1 N–H and O–H groups in total. The van der Waals surface area contributed by atoms with E-state index in [4.69, 9.17) is 4.74 Å². The largest absolute Gasteiger partial charge is 0.490 e. The van der Waals surface area contributed by atoms with Crippen LogP contribution in [0.5, 0.6) is 5.75 Å². The molecule has 0 radical (unpaired) electrons. The van der Waals surface area contributed by atoms with Crippen LogP contribution in [-0.2, 0) is 15.0 Å². The molecule has 5 rings (SSSR count). The Bertz CT molecular complexity index is 1050. The van der Waals surface area contributed by atoms with Crippen LogP contribution < -0.4 is 10.1 Å². The number of allylic oxidation sites excluding steroid dienone is 1. The third-order valence-corrected chi connectivity index (χ3v) is 6.74. The minimum atomic E-state index is -1.07. The summed E-state index contributed by atoms with van der Waals surface area (Å²) in [6.45, 7) is 3.84. The number of rotatable bonds is 1. The molecule has 1 aliphatic carbocycles. The van der Waals surface area contributed by atoms with E-state index in [0.717, 1.165) is 17.6 Å². The first-order valence-electron chi connectivity index (χ1n) is 9.52. The highest BCUT2D eigenvalue weighted by molar-refractivity contribution is 6.08. The summed E-state index contributed by atoms with van der Waals surface area (Å²) in [7, 11) is 0. The van der Waals surface area contributed by atoms with Crippen molar-refractivity contribution in [1.82, 2.24) is 0 Å². The Kier molecular flexibility index (Phi) is 3.54. The number of para-hydroxylation sites is 1. The number of aldehydes is 1. The molecule has 2 aromatic carbocycles. The van der Waals surface area contributed by atoms with Gasteiger partial charge in [-0.1, -0.05) is 31.2 Å². The Morgan fingerprint density at radius 3 is 2.75 bits per heavy atom. The second kappa shape index (κ2) is 5.77. The second-order valence-electron chi connectivity index (χ2n) is 7.94. The van der Waals surface area contributed by atoms with E-state index in [2.05, 4.69) is 5.32 Å². The molecule has 5 atom stereocenters. The van der Waals surface area contributed by atoms with Crippen molar-refractivity contribution < 1.29 is 18.7 Å². The van der Waals surface area contributed by atoms with E-state index < -0.39 is 17.2 Å². The fourth-order valence-electron chi connectivity index (χ4n) is 5.48. The van der Waals surface area contributed by atoms with Gasteiger partial charge < -0.3 is 10.1 Å². The first-order chi connectivity index (χ1) is 13.5. The van der Waals surface area contributed by atoms with Crippen LogP contribution in [-0.4, -0.2) is 18.3 Å². The highest BCUT2D eigenvalue weighted by atomic mass is 19.1. The number of fused-ring (bicyclic) bond motifs is 6. The maximum atomic E-state index is 14.3. The molecule has 0 bridgehead atoms. The summed E-state index contributed by atoms with van der Waals surface area (Å²) in [5.74, 6) is -0.669. The van der Waals surface area contributed by atoms with Crippen LogP contribution in [0.1, 0.15) is 30.9 Å². The molecule has 2 heterocycles. The van der Waals surface area contributed by atoms with Gasteiger partial charge in [0.25, 0.3) is 0 Å². The maximum Gasteiger partial charge on any atom is 0.236 e. The van der Waals surface area contributed by atoms with Gasteiger partial charge in [0.05, 0.1) is 5.41 Å². The van der Waals surface area contributed by atoms with Gasteiger partial charge in [0, 0.05) is 23.4 Å². The van der Waals surface area contributed by atoms with Crippen LogP contribution in [0.4, 0.5) is 10.1 Å². The minimum absolute atomic E-state index is 0.175. The molecule has 1 spiro atoms. The number of amides is 1. The molecule has 4 nitrogen and oxygen atoms in total. The predicted molar refractivity (Wildman–Crippen MR) is 103 cm³/mol. The van der Waals surface area contributed by atoms with Gasteiger partial charge in [0.15, 0.2) is 0 Å². The lowest BCUT2D eigenvalue weighted by molar-refractivity contribution is -0.125. The summed E-state index contributed by atoms with van der Waals surface area (Å²) >= 11 is 0. The Balaban J connectivity index is 1.87. The third kappa shape index (κ3) is 1.99. The van der Waals surface area contributed by atoms with Gasteiger partial charge in [-0.25, -0.2) is 4.39 Å². The van der Waals surface area contributed by atoms with Crippen molar-refractivity contribution in [3.8, 4) is 5.75 Å². The molecule has 0 fully saturated rings. The van der Waals surface area contributed by atoms with E-state index in [1.807, 2.05) is 44.2 Å². The molecule has 3 aliphatic rings. The van der Waals surface area contributed by atoms with E-state index in [9.17, 15) is 14.0 Å². The molecule has 0 saturated heterocycles. The lowest BCUT2D eigenvalue weighted by Crippen LogP contribution is -2.55. The van der Waals surface area contributed by atoms with Gasteiger partial charge in [-0.2, -0.15) is 0 Å². The number of carbonyl (C=O) groups excluding carboxylic acids is 2. The normalized spacial score (nSPS) is 32.5. The number of halogens is 1. The summed E-state index contributed by atoms with van der Waals surface area (Å²) in [4.78, 5) is 25.5. The third-order valence-electron chi connectivity index (χ3n) is 6.74. The quantitative estimate of drug-likeness (QED) is 0.765. The van der Waals surface area contributed by atoms with Crippen LogP contribution in [0.15, 0.2) is 54.1 Å². The molecule has 142 valence electrons. The molecular weight excluding hydrogens is 357 g/mol. The Labute approximate surface area is 162 Å². The highest BCUT2D eigenvalue weighted by Crippen LogP contribution is 2.61. The van der Waals surface area contributed by atoms with Crippen LogP contribution >= 0.6 is 0 Å². The number of ether oxygens (including phenoxy) is 1. The summed E-state index contributed by atoms with van der Waals surface area (Å²) in [5, 5.41) is 2.95. The van der Waals surface area contributed by atoms with Crippen molar-refractivity contribution in [2.75, 3.05) is 5.32 Å². The van der Waals surface area contributed by atoms with Crippen molar-refractivity contribution >= 4 is 17.9 Å². The highest BCUT2D eigenvalue weighted by Gasteiger charge is 2.62. The topological polar surface area (TPSA) is 55.4 Å². The molecule has 1 amide bonds. The average Bonchev–Trinajstić information content (AvgIpc) is 2.96. The fourth-order valence-corrected chi connectivity index (χ4v) is 5.48. The maximum absolute atomic E-state index is 14.3. The van der Waals surface area contributed by atoms with E-state index in [-0.39, 0.29) is 23.8 Å². The zero-order chi connectivity index (χ0) is 19.6. The summed E-state index contributed by atoms with van der Waals surface area (Å²) in [6, 6.07) is 12.1.